The molecule has 1 aliphatic rings. The number of Topliss-reactive ketones (excluding diaryl/α,β-unsaturated/α-hetero) is 1. The van der Waals surface area contributed by atoms with Crippen LogP contribution >= 0.6 is 22.6 Å². The van der Waals surface area contributed by atoms with Crippen molar-refractivity contribution >= 4 is 28.4 Å². The molecule has 0 aliphatic heterocycles. The minimum atomic E-state index is -0.783. The monoisotopic (exact) mass is 426 g/mol. The summed E-state index contributed by atoms with van der Waals surface area (Å²) in [5.74, 6) is -0.780. The summed E-state index contributed by atoms with van der Waals surface area (Å²) in [4.78, 5) is 37.1. The first kappa shape index (κ1) is 16.0. The van der Waals surface area contributed by atoms with Gasteiger partial charge in [0.1, 0.15) is 5.56 Å². The molecule has 23 heavy (non-hydrogen) atoms. The second kappa shape index (κ2) is 5.95. The highest BCUT2D eigenvalue weighted by Gasteiger charge is 2.28. The molecule has 0 bridgehead atoms. The van der Waals surface area contributed by atoms with Crippen LogP contribution in [-0.4, -0.2) is 20.0 Å². The zero-order valence-corrected chi connectivity index (χ0v) is 14.6. The second-order valence-electron chi connectivity index (χ2n) is 5.71. The Hall–Kier alpha value is -1.90. The van der Waals surface area contributed by atoms with Gasteiger partial charge in [0.25, 0.3) is 5.56 Å². The van der Waals surface area contributed by atoms with Crippen molar-refractivity contribution in [3.63, 3.8) is 0 Å². The summed E-state index contributed by atoms with van der Waals surface area (Å²) in [6.07, 6.45) is 1.95. The standard InChI is InChI=1S/C16H15IN2O4/c1-9(20)13-14(21)18(8-10-5-6-10)16(23)19(15(13)22)12-4-2-3-11(17)7-12/h2-4,7,10,21H,5-6,8H2,1H3. The van der Waals surface area contributed by atoms with E-state index >= 15 is 0 Å². The van der Waals surface area contributed by atoms with Gasteiger partial charge in [0, 0.05) is 10.1 Å². The molecule has 7 heteroatoms. The molecule has 1 aromatic carbocycles. The number of carbonyl (C=O) groups excluding carboxylic acids is 1. The maximum atomic E-state index is 12.7. The van der Waals surface area contributed by atoms with E-state index in [-0.39, 0.29) is 5.56 Å². The molecule has 0 saturated heterocycles. The molecule has 1 aliphatic carbocycles. The number of aromatic hydroxyl groups is 1. The maximum absolute atomic E-state index is 12.7. The van der Waals surface area contributed by atoms with Gasteiger partial charge in [-0.25, -0.2) is 9.36 Å². The van der Waals surface area contributed by atoms with Crippen molar-refractivity contribution < 1.29 is 9.90 Å². The summed E-state index contributed by atoms with van der Waals surface area (Å²) in [7, 11) is 0. The number of hydrogen-bond acceptors (Lipinski definition) is 4. The molecule has 0 amide bonds. The molecule has 3 rings (SSSR count). The molecule has 0 atom stereocenters. The van der Waals surface area contributed by atoms with E-state index in [0.29, 0.717) is 18.2 Å². The minimum Gasteiger partial charge on any atom is -0.494 e. The van der Waals surface area contributed by atoms with Crippen molar-refractivity contribution in [2.75, 3.05) is 0 Å². The summed E-state index contributed by atoms with van der Waals surface area (Å²) in [6, 6.07) is 6.89. The van der Waals surface area contributed by atoms with Gasteiger partial charge in [0.2, 0.25) is 5.88 Å². The molecule has 1 fully saturated rings. The molecule has 6 nitrogen and oxygen atoms in total. The topological polar surface area (TPSA) is 81.3 Å². The first-order chi connectivity index (χ1) is 10.9. The van der Waals surface area contributed by atoms with Crippen LogP contribution in [-0.2, 0) is 6.54 Å². The fraction of sp³-hybridized carbons (Fsp3) is 0.312. The lowest BCUT2D eigenvalue weighted by atomic mass is 10.2. The number of hydrogen-bond donors (Lipinski definition) is 1. The Labute approximate surface area is 145 Å². The third kappa shape index (κ3) is 2.97. The quantitative estimate of drug-likeness (QED) is 0.599. The predicted octanol–water partition coefficient (Wildman–Crippen LogP) is 1.92. The van der Waals surface area contributed by atoms with E-state index in [2.05, 4.69) is 22.6 Å². The molecule has 2 aromatic rings. The Balaban J connectivity index is 2.34. The fourth-order valence-electron chi connectivity index (χ4n) is 2.51. The second-order valence-corrected chi connectivity index (χ2v) is 6.96. The highest BCUT2D eigenvalue weighted by atomic mass is 127. The normalized spacial score (nSPS) is 14.0. The van der Waals surface area contributed by atoms with Gasteiger partial charge in [-0.3, -0.25) is 14.2 Å². The largest absolute Gasteiger partial charge is 0.494 e. The van der Waals surface area contributed by atoms with Gasteiger partial charge in [0.15, 0.2) is 5.78 Å². The predicted molar refractivity (Wildman–Crippen MR) is 93.4 cm³/mol. The zero-order chi connectivity index (χ0) is 16.7. The molecular formula is C16H15IN2O4. The average molecular weight is 426 g/mol. The Bertz CT molecular complexity index is 909. The lowest BCUT2D eigenvalue weighted by molar-refractivity contribution is 0.101. The van der Waals surface area contributed by atoms with Crippen LogP contribution in [0.2, 0.25) is 0 Å². The number of carbonyl (C=O) groups is 1. The Morgan fingerprint density at radius 2 is 2.04 bits per heavy atom. The first-order valence-electron chi connectivity index (χ1n) is 7.26. The van der Waals surface area contributed by atoms with Crippen LogP contribution in [0.5, 0.6) is 5.88 Å². The van der Waals surface area contributed by atoms with Gasteiger partial charge in [0.05, 0.1) is 5.69 Å². The van der Waals surface area contributed by atoms with Crippen molar-refractivity contribution in [3.05, 3.63) is 54.2 Å². The molecule has 0 unspecified atom stereocenters. The van der Waals surface area contributed by atoms with Crippen molar-refractivity contribution in [2.45, 2.75) is 26.3 Å². The summed E-state index contributed by atoms with van der Waals surface area (Å²) in [5, 5.41) is 10.3. The van der Waals surface area contributed by atoms with Gasteiger partial charge >= 0.3 is 5.69 Å². The van der Waals surface area contributed by atoms with Crippen LogP contribution < -0.4 is 11.2 Å². The van der Waals surface area contributed by atoms with Crippen LogP contribution in [0, 0.1) is 9.49 Å². The van der Waals surface area contributed by atoms with Gasteiger partial charge in [-0.05, 0) is 66.5 Å². The summed E-state index contributed by atoms with van der Waals surface area (Å²) in [5.41, 5.74) is -1.36. The van der Waals surface area contributed by atoms with Crippen LogP contribution in [0.4, 0.5) is 0 Å². The highest BCUT2D eigenvalue weighted by Crippen LogP contribution is 2.31. The number of halogens is 1. The molecule has 1 aromatic heterocycles. The van der Waals surface area contributed by atoms with E-state index in [9.17, 15) is 19.5 Å². The van der Waals surface area contributed by atoms with E-state index in [1.54, 1.807) is 18.2 Å². The molecule has 1 heterocycles. The van der Waals surface area contributed by atoms with E-state index in [1.807, 2.05) is 6.07 Å². The van der Waals surface area contributed by atoms with Crippen molar-refractivity contribution in [3.8, 4) is 11.6 Å². The third-order valence-electron chi connectivity index (χ3n) is 3.87. The molecular weight excluding hydrogens is 411 g/mol. The summed E-state index contributed by atoms with van der Waals surface area (Å²) in [6.45, 7) is 1.52. The van der Waals surface area contributed by atoms with E-state index in [1.165, 1.54) is 6.92 Å². The number of nitrogens with zero attached hydrogens (tertiary/aromatic N) is 2. The minimum absolute atomic E-state index is 0.306. The van der Waals surface area contributed by atoms with Gasteiger partial charge in [-0.1, -0.05) is 6.07 Å². The van der Waals surface area contributed by atoms with Crippen molar-refractivity contribution in [1.82, 2.24) is 9.13 Å². The lowest BCUT2D eigenvalue weighted by Gasteiger charge is -2.14. The smallest absolute Gasteiger partial charge is 0.338 e. The van der Waals surface area contributed by atoms with E-state index in [4.69, 9.17) is 0 Å². The zero-order valence-electron chi connectivity index (χ0n) is 12.5. The van der Waals surface area contributed by atoms with Crippen LogP contribution in [0.25, 0.3) is 5.69 Å². The summed E-state index contributed by atoms with van der Waals surface area (Å²) < 4.78 is 2.95. The number of ketones is 1. The van der Waals surface area contributed by atoms with E-state index in [0.717, 1.165) is 25.5 Å². The average Bonchev–Trinajstić information content (AvgIpc) is 3.27. The maximum Gasteiger partial charge on any atom is 0.338 e. The Kier molecular flexibility index (Phi) is 4.13. The highest BCUT2D eigenvalue weighted by molar-refractivity contribution is 14.1. The number of aromatic nitrogens is 2. The Morgan fingerprint density at radius 1 is 1.35 bits per heavy atom. The molecule has 120 valence electrons. The third-order valence-corrected chi connectivity index (χ3v) is 4.55. The van der Waals surface area contributed by atoms with Crippen LogP contribution in [0.3, 0.4) is 0 Å². The molecule has 1 saturated carbocycles. The first-order valence-corrected chi connectivity index (χ1v) is 8.33. The van der Waals surface area contributed by atoms with Gasteiger partial charge in [-0.2, -0.15) is 0 Å². The fourth-order valence-corrected chi connectivity index (χ4v) is 3.04. The van der Waals surface area contributed by atoms with Crippen molar-refractivity contribution in [1.29, 1.82) is 0 Å². The van der Waals surface area contributed by atoms with Gasteiger partial charge < -0.3 is 5.11 Å². The Morgan fingerprint density at radius 3 is 2.61 bits per heavy atom. The van der Waals surface area contributed by atoms with Crippen LogP contribution in [0.1, 0.15) is 30.1 Å². The lowest BCUT2D eigenvalue weighted by Crippen LogP contribution is -2.41. The van der Waals surface area contributed by atoms with E-state index < -0.39 is 22.9 Å². The van der Waals surface area contributed by atoms with Crippen molar-refractivity contribution in [2.24, 2.45) is 5.92 Å². The molecule has 0 spiro atoms. The van der Waals surface area contributed by atoms with Crippen LogP contribution in [0.15, 0.2) is 33.9 Å². The number of rotatable bonds is 4. The summed E-state index contributed by atoms with van der Waals surface area (Å²) >= 11 is 2.08. The number of benzene rings is 1. The molecule has 0 radical (unpaired) electrons. The van der Waals surface area contributed by atoms with Gasteiger partial charge in [-0.15, -0.1) is 0 Å². The SMILES string of the molecule is CC(=O)c1c(O)n(CC2CC2)c(=O)n(-c2cccc(I)c2)c1=O. The molecule has 1 N–H and O–H groups in total.